The third-order valence-electron chi connectivity index (χ3n) is 6.49. The highest BCUT2D eigenvalue weighted by Gasteiger charge is 2.44. The lowest BCUT2D eigenvalue weighted by atomic mass is 9.25. The summed E-state index contributed by atoms with van der Waals surface area (Å²) in [4.78, 5) is 0. The van der Waals surface area contributed by atoms with Gasteiger partial charge in [0.15, 0.2) is 69.8 Å². The molecular weight excluding hydrogens is 685 g/mol. The highest BCUT2D eigenvalue weighted by molar-refractivity contribution is 7.02. The summed E-state index contributed by atoms with van der Waals surface area (Å²) in [6.07, 6.45) is -1.90. The Hall–Kier alpha value is -4.41. The van der Waals surface area contributed by atoms with Crippen molar-refractivity contribution >= 4 is 48.6 Å². The molecule has 0 nitrogen and oxygen atoms in total. The molecule has 0 saturated heterocycles. The number of fused-ring (bicyclic) bond motifs is 2. The van der Waals surface area contributed by atoms with E-state index in [4.69, 9.17) is 17.0 Å². The van der Waals surface area contributed by atoms with Crippen molar-refractivity contribution < 1.29 is 70.6 Å². The standard InChI is InChI=1S/C14H6B2F8.C8H6F2.C7H3BF4.F2/c1-15-3-5(9(19)13(23)11(21)7(3)17)16(2)6-4(15)8(18)12(22)14(24)10(6)20;1-7(2)5-3-4-6-8(9)10;1-2-3(8)5(10)7(12)6(11)4(2)9;1-2/h1-2H3;1-2H3;1H3;. The number of rotatable bonds is 0. The molecule has 1 heterocycles. The van der Waals surface area contributed by atoms with Crippen molar-refractivity contribution in [3.63, 3.8) is 0 Å². The van der Waals surface area contributed by atoms with E-state index < -0.39 is 122 Å². The third kappa shape index (κ3) is 8.35. The molecule has 3 aromatic rings. The summed E-state index contributed by atoms with van der Waals surface area (Å²) in [5.41, 5.74) is 5.07. The van der Waals surface area contributed by atoms with Crippen LogP contribution >= 0.6 is 0 Å². The Labute approximate surface area is 263 Å². The van der Waals surface area contributed by atoms with E-state index in [1.165, 1.54) is 0 Å². The lowest BCUT2D eigenvalue weighted by molar-refractivity contribution is 0.108. The van der Waals surface area contributed by atoms with Crippen LogP contribution < -0.4 is 27.3 Å². The second-order valence-corrected chi connectivity index (χ2v) is 9.66. The zero-order chi connectivity index (χ0) is 37.5. The van der Waals surface area contributed by atoms with Crippen LogP contribution in [0.2, 0.25) is 13.6 Å². The number of benzene rings is 3. The van der Waals surface area contributed by atoms with Gasteiger partial charge in [0.25, 0.3) is 0 Å². The van der Waals surface area contributed by atoms with E-state index in [1.54, 1.807) is 19.6 Å². The van der Waals surface area contributed by atoms with Gasteiger partial charge in [-0.3, -0.25) is 0 Å². The molecule has 48 heavy (non-hydrogen) atoms. The quantitative estimate of drug-likeness (QED) is 0.0819. The van der Waals surface area contributed by atoms with Gasteiger partial charge in [-0.25, -0.2) is 52.7 Å². The molecule has 2 radical (unpaired) electrons. The second-order valence-electron chi connectivity index (χ2n) is 9.66. The lowest BCUT2D eigenvalue weighted by Crippen LogP contribution is -2.71. The first-order valence-corrected chi connectivity index (χ1v) is 12.6. The molecule has 0 fully saturated rings. The van der Waals surface area contributed by atoms with Gasteiger partial charge in [-0.2, -0.15) is 8.78 Å². The largest absolute Gasteiger partial charge is 0.321 e. The molecule has 252 valence electrons. The van der Waals surface area contributed by atoms with Gasteiger partial charge in [-0.15, -0.1) is 0 Å². The molecule has 0 saturated carbocycles. The van der Waals surface area contributed by atoms with Gasteiger partial charge in [0.1, 0.15) is 7.85 Å². The average molecular weight is 700 g/mol. The Morgan fingerprint density at radius 1 is 0.479 bits per heavy atom. The molecule has 4 rings (SSSR count). The monoisotopic (exact) mass is 700 g/mol. The van der Waals surface area contributed by atoms with Crippen LogP contribution in [0.1, 0.15) is 19.4 Å². The van der Waals surface area contributed by atoms with E-state index >= 15 is 0 Å². The maximum absolute atomic E-state index is 14.1. The fraction of sp³-hybridized carbons (Fsp3) is 0.172. The Balaban J connectivity index is 0.000000402. The SMILES string of the molecule is CB1c2c(F)c(F)c(F)c(F)c2B(C)c2c(F)c(F)c(F)c(F)c21.CC(C)=C=C=C=C=C(F)F.FF.[B]c1c(C)c(F)c(F)c(F)c1F. The summed E-state index contributed by atoms with van der Waals surface area (Å²) in [5.74, 6) is -22.3. The molecule has 0 atom stereocenters. The fourth-order valence-corrected chi connectivity index (χ4v) is 4.31. The Bertz CT molecular complexity index is 1630. The normalized spacial score (nSPS) is 10.7. The highest BCUT2D eigenvalue weighted by Crippen LogP contribution is 2.19. The maximum Gasteiger partial charge on any atom is 0.321 e. The fourth-order valence-electron chi connectivity index (χ4n) is 4.31. The number of hydrogen-bond acceptors (Lipinski definition) is 0. The van der Waals surface area contributed by atoms with Crippen LogP contribution in [-0.4, -0.2) is 21.3 Å². The first-order chi connectivity index (χ1) is 22.2. The molecule has 0 aliphatic carbocycles. The van der Waals surface area contributed by atoms with Crippen molar-refractivity contribution in [3.8, 4) is 0 Å². The van der Waals surface area contributed by atoms with Crippen LogP contribution in [0.15, 0.2) is 34.6 Å². The van der Waals surface area contributed by atoms with E-state index in [0.717, 1.165) is 26.1 Å². The topological polar surface area (TPSA) is 0 Å². The summed E-state index contributed by atoms with van der Waals surface area (Å²) in [7, 11) is 4.93. The van der Waals surface area contributed by atoms with Gasteiger partial charge in [0, 0.05) is 14.9 Å². The number of hydrogen-bond donors (Lipinski definition) is 0. The van der Waals surface area contributed by atoms with Crippen LogP contribution in [0, 0.1) is 76.7 Å². The van der Waals surface area contributed by atoms with E-state index in [2.05, 4.69) is 11.5 Å². The van der Waals surface area contributed by atoms with Crippen LogP contribution in [0.4, 0.5) is 70.6 Å². The van der Waals surface area contributed by atoms with Gasteiger partial charge in [-0.1, -0.05) is 24.8 Å². The minimum atomic E-state index is -2.11. The second kappa shape index (κ2) is 17.1. The minimum Gasteiger partial charge on any atom is -0.204 e. The number of allylic oxidation sites excluding steroid dienone is 1. The molecule has 0 amide bonds. The summed E-state index contributed by atoms with van der Waals surface area (Å²) < 4.78 is 199. The number of halogens is 16. The smallest absolute Gasteiger partial charge is 0.204 e. The Morgan fingerprint density at radius 3 is 1.04 bits per heavy atom. The molecular formula is C29H15B3F16. The van der Waals surface area contributed by atoms with E-state index in [9.17, 15) is 61.5 Å². The molecule has 1 aliphatic rings. The highest BCUT2D eigenvalue weighted by atomic mass is 20.0. The van der Waals surface area contributed by atoms with E-state index in [-0.39, 0.29) is 0 Å². The van der Waals surface area contributed by atoms with Gasteiger partial charge < -0.3 is 0 Å². The van der Waals surface area contributed by atoms with Gasteiger partial charge in [-0.05, 0) is 65.2 Å². The predicted octanol–water partition coefficient (Wildman–Crippen LogP) is 6.57. The van der Waals surface area contributed by atoms with Crippen LogP contribution in [0.25, 0.3) is 0 Å². The molecule has 0 N–H and O–H groups in total. The Kier molecular flexibility index (Phi) is 14.9. The van der Waals surface area contributed by atoms with E-state index in [1.807, 2.05) is 5.73 Å². The summed E-state index contributed by atoms with van der Waals surface area (Å²) in [5, 5.41) is 0. The molecule has 0 spiro atoms. The zero-order valence-corrected chi connectivity index (χ0v) is 24.8. The average Bonchev–Trinajstić information content (AvgIpc) is 3.05. The predicted molar refractivity (Wildman–Crippen MR) is 148 cm³/mol. The van der Waals surface area contributed by atoms with Crippen molar-refractivity contribution in [1.29, 1.82) is 0 Å². The third-order valence-corrected chi connectivity index (χ3v) is 6.49. The van der Waals surface area contributed by atoms with E-state index in [0.29, 0.717) is 0 Å². The summed E-state index contributed by atoms with van der Waals surface area (Å²) in [6, 6.07) is 0. The lowest BCUT2D eigenvalue weighted by Gasteiger charge is -2.29. The molecule has 0 aromatic heterocycles. The molecule has 0 bridgehead atoms. The van der Waals surface area contributed by atoms with Crippen LogP contribution in [-0.2, 0) is 0 Å². The first-order valence-electron chi connectivity index (χ1n) is 12.6. The maximum atomic E-state index is 14.1. The van der Waals surface area contributed by atoms with Crippen LogP contribution in [0.5, 0.6) is 0 Å². The Morgan fingerprint density at radius 2 is 0.750 bits per heavy atom. The molecule has 19 heteroatoms. The van der Waals surface area contributed by atoms with Crippen molar-refractivity contribution in [2.75, 3.05) is 0 Å². The summed E-state index contributed by atoms with van der Waals surface area (Å²) in [6.45, 7) is 3.58. The van der Waals surface area contributed by atoms with Gasteiger partial charge in [0.05, 0.1) is 0 Å². The molecule has 1 aliphatic heterocycles. The van der Waals surface area contributed by atoms with Crippen LogP contribution in [0.3, 0.4) is 0 Å². The zero-order valence-electron chi connectivity index (χ0n) is 24.8. The van der Waals surface area contributed by atoms with Crippen molar-refractivity contribution in [2.45, 2.75) is 34.4 Å². The minimum absolute atomic E-state index is 0.425. The molecule has 3 aromatic carbocycles. The van der Waals surface area contributed by atoms with Gasteiger partial charge >= 0.3 is 6.08 Å². The molecule has 0 unspecified atom stereocenters. The first kappa shape index (κ1) is 41.6. The van der Waals surface area contributed by atoms with Crippen molar-refractivity contribution in [3.05, 3.63) is 110 Å². The van der Waals surface area contributed by atoms with Crippen molar-refractivity contribution in [2.24, 2.45) is 0 Å². The van der Waals surface area contributed by atoms with Crippen molar-refractivity contribution in [1.82, 2.24) is 0 Å². The summed E-state index contributed by atoms with van der Waals surface area (Å²) >= 11 is 0. The van der Waals surface area contributed by atoms with Gasteiger partial charge in [0.2, 0.25) is 13.4 Å².